The molecule has 5 heterocycles. The Labute approximate surface area is 166 Å². The van der Waals surface area contributed by atoms with Gasteiger partial charge in [-0.1, -0.05) is 0 Å². The lowest BCUT2D eigenvalue weighted by atomic mass is 10.1. The van der Waals surface area contributed by atoms with Crippen LogP contribution in [0.15, 0.2) is 36.9 Å². The van der Waals surface area contributed by atoms with E-state index in [-0.39, 0.29) is 0 Å². The van der Waals surface area contributed by atoms with Gasteiger partial charge in [0.05, 0.1) is 24.9 Å². The first kappa shape index (κ1) is 17.4. The molecule has 0 bridgehead atoms. The van der Waals surface area contributed by atoms with Gasteiger partial charge >= 0.3 is 0 Å². The molecule has 146 valence electrons. The van der Waals surface area contributed by atoms with Gasteiger partial charge in [-0.2, -0.15) is 15.2 Å². The summed E-state index contributed by atoms with van der Waals surface area (Å²) in [5, 5.41) is 8.84. The molecular formula is C20H20N8O. The summed E-state index contributed by atoms with van der Waals surface area (Å²) in [6.07, 6.45) is 5.19. The van der Waals surface area contributed by atoms with Crippen LogP contribution in [0.25, 0.3) is 27.8 Å². The summed E-state index contributed by atoms with van der Waals surface area (Å²) in [4.78, 5) is 13.4. The number of nitrogens with zero attached hydrogens (tertiary/aromatic N) is 8. The maximum absolute atomic E-state index is 5.44. The Morgan fingerprint density at radius 3 is 2.76 bits per heavy atom. The van der Waals surface area contributed by atoms with Crippen molar-refractivity contribution in [3.63, 3.8) is 0 Å². The smallest absolute Gasteiger partial charge is 0.241 e. The van der Waals surface area contributed by atoms with Crippen molar-refractivity contribution in [2.75, 3.05) is 7.11 Å². The summed E-state index contributed by atoms with van der Waals surface area (Å²) in [6, 6.07) is 6.18. The summed E-state index contributed by atoms with van der Waals surface area (Å²) >= 11 is 0. The monoisotopic (exact) mass is 388 g/mol. The quantitative estimate of drug-likeness (QED) is 0.470. The maximum Gasteiger partial charge on any atom is 0.241 e. The molecule has 5 aromatic heterocycles. The minimum absolute atomic E-state index is 0.522. The molecule has 0 unspecified atom stereocenters. The van der Waals surface area contributed by atoms with Gasteiger partial charge in [0.15, 0.2) is 5.65 Å². The zero-order valence-electron chi connectivity index (χ0n) is 16.7. The first-order chi connectivity index (χ1) is 14.0. The van der Waals surface area contributed by atoms with E-state index in [2.05, 4.69) is 41.8 Å². The highest BCUT2D eigenvalue weighted by atomic mass is 16.5. The zero-order valence-corrected chi connectivity index (χ0v) is 16.7. The highest BCUT2D eigenvalue weighted by Gasteiger charge is 2.16. The second-order valence-corrected chi connectivity index (χ2v) is 7.00. The lowest BCUT2D eigenvalue weighted by Crippen LogP contribution is -2.03. The number of aryl methyl sites for hydroxylation is 3. The minimum atomic E-state index is 0.522. The fourth-order valence-corrected chi connectivity index (χ4v) is 3.65. The van der Waals surface area contributed by atoms with Crippen molar-refractivity contribution in [1.29, 1.82) is 0 Å². The molecule has 0 aliphatic heterocycles. The van der Waals surface area contributed by atoms with E-state index in [1.807, 2.05) is 44.0 Å². The van der Waals surface area contributed by atoms with E-state index in [1.165, 1.54) is 6.33 Å². The lowest BCUT2D eigenvalue weighted by Gasteiger charge is -2.07. The van der Waals surface area contributed by atoms with Crippen LogP contribution in [0, 0.1) is 13.8 Å². The number of methoxy groups -OCH3 is 1. The van der Waals surface area contributed by atoms with Crippen molar-refractivity contribution < 1.29 is 4.74 Å². The standard InChI is InChI=1S/C20H20N8O/c1-12-7-15(25-26(12)3)10-27-13(2)24-19-17(27)8-14(9-21-19)16-5-6-28-18(16)20(29-4)22-11-23-28/h5-9,11H,10H2,1-4H3. The fourth-order valence-electron chi connectivity index (χ4n) is 3.65. The molecule has 0 spiro atoms. The van der Waals surface area contributed by atoms with Gasteiger partial charge in [0, 0.05) is 36.3 Å². The predicted molar refractivity (Wildman–Crippen MR) is 108 cm³/mol. The Morgan fingerprint density at radius 2 is 2.00 bits per heavy atom. The molecule has 0 radical (unpaired) electrons. The largest absolute Gasteiger partial charge is 0.479 e. The third-order valence-corrected chi connectivity index (χ3v) is 5.21. The van der Waals surface area contributed by atoms with E-state index >= 15 is 0 Å². The van der Waals surface area contributed by atoms with Crippen molar-refractivity contribution in [1.82, 2.24) is 38.9 Å². The fraction of sp³-hybridized carbons (Fsp3) is 0.250. The van der Waals surface area contributed by atoms with Crippen LogP contribution in [0.3, 0.4) is 0 Å². The normalized spacial score (nSPS) is 11.6. The van der Waals surface area contributed by atoms with Crippen molar-refractivity contribution in [3.05, 3.63) is 54.1 Å². The Bertz CT molecular complexity index is 1340. The average Bonchev–Trinajstić information content (AvgIpc) is 3.38. The van der Waals surface area contributed by atoms with Crippen LogP contribution in [0.1, 0.15) is 17.2 Å². The van der Waals surface area contributed by atoms with Crippen LogP contribution in [-0.2, 0) is 13.6 Å². The number of imidazole rings is 1. The molecule has 0 amide bonds. The molecule has 9 heteroatoms. The molecule has 0 atom stereocenters. The molecule has 0 aliphatic carbocycles. The van der Waals surface area contributed by atoms with E-state index in [9.17, 15) is 0 Å². The number of ether oxygens (including phenoxy) is 1. The minimum Gasteiger partial charge on any atom is -0.479 e. The maximum atomic E-state index is 5.44. The summed E-state index contributed by atoms with van der Waals surface area (Å²) in [6.45, 7) is 4.67. The molecular weight excluding hydrogens is 368 g/mol. The average molecular weight is 388 g/mol. The number of hydrogen-bond donors (Lipinski definition) is 0. The van der Waals surface area contributed by atoms with E-state index in [0.717, 1.165) is 39.4 Å². The summed E-state index contributed by atoms with van der Waals surface area (Å²) in [5.74, 6) is 1.42. The molecule has 0 saturated carbocycles. The van der Waals surface area contributed by atoms with Crippen LogP contribution in [0.4, 0.5) is 0 Å². The van der Waals surface area contributed by atoms with Gasteiger partial charge in [-0.15, -0.1) is 0 Å². The Morgan fingerprint density at radius 1 is 1.14 bits per heavy atom. The van der Waals surface area contributed by atoms with E-state index in [1.54, 1.807) is 11.6 Å². The van der Waals surface area contributed by atoms with Crippen molar-refractivity contribution in [2.45, 2.75) is 20.4 Å². The molecule has 0 aliphatic rings. The molecule has 5 rings (SSSR count). The van der Waals surface area contributed by atoms with Crippen LogP contribution in [-0.4, -0.2) is 46.0 Å². The molecule has 9 nitrogen and oxygen atoms in total. The SMILES string of the molecule is COc1ncnn2ccc(-c3cnc4nc(C)n(Cc5cc(C)n(C)n5)c4c3)c12. The van der Waals surface area contributed by atoms with Crippen LogP contribution < -0.4 is 4.74 Å². The number of aromatic nitrogens is 8. The van der Waals surface area contributed by atoms with Crippen molar-refractivity contribution in [3.8, 4) is 17.0 Å². The number of hydrogen-bond acceptors (Lipinski definition) is 6. The summed E-state index contributed by atoms with van der Waals surface area (Å²) < 4.78 is 11.2. The summed E-state index contributed by atoms with van der Waals surface area (Å²) in [7, 11) is 3.55. The number of fused-ring (bicyclic) bond motifs is 2. The second kappa shape index (κ2) is 6.40. The first-order valence-electron chi connectivity index (χ1n) is 9.24. The highest BCUT2D eigenvalue weighted by molar-refractivity contribution is 5.87. The number of rotatable bonds is 4. The van der Waals surface area contributed by atoms with E-state index in [4.69, 9.17) is 4.74 Å². The van der Waals surface area contributed by atoms with Crippen LogP contribution >= 0.6 is 0 Å². The van der Waals surface area contributed by atoms with Gasteiger partial charge < -0.3 is 9.30 Å². The third-order valence-electron chi connectivity index (χ3n) is 5.21. The molecule has 29 heavy (non-hydrogen) atoms. The number of pyridine rings is 1. The van der Waals surface area contributed by atoms with Gasteiger partial charge in [0.1, 0.15) is 17.7 Å². The van der Waals surface area contributed by atoms with Gasteiger partial charge in [-0.3, -0.25) is 4.68 Å². The Hall–Kier alpha value is -3.75. The highest BCUT2D eigenvalue weighted by Crippen LogP contribution is 2.31. The van der Waals surface area contributed by atoms with Gasteiger partial charge in [-0.25, -0.2) is 14.5 Å². The van der Waals surface area contributed by atoms with Crippen LogP contribution in [0.2, 0.25) is 0 Å². The molecule has 5 aromatic rings. The Kier molecular flexibility index (Phi) is 3.83. The Balaban J connectivity index is 1.66. The second-order valence-electron chi connectivity index (χ2n) is 7.00. The van der Waals surface area contributed by atoms with Crippen LogP contribution in [0.5, 0.6) is 5.88 Å². The zero-order chi connectivity index (χ0) is 20.1. The topological polar surface area (TPSA) is 88.0 Å². The predicted octanol–water partition coefficient (Wildman–Crippen LogP) is 2.55. The van der Waals surface area contributed by atoms with Crippen molar-refractivity contribution >= 4 is 16.7 Å². The molecule has 0 fully saturated rings. The molecule has 0 aromatic carbocycles. The van der Waals surface area contributed by atoms with Gasteiger partial charge in [-0.05, 0) is 32.0 Å². The lowest BCUT2D eigenvalue weighted by molar-refractivity contribution is 0.399. The van der Waals surface area contributed by atoms with E-state index in [0.29, 0.717) is 18.1 Å². The summed E-state index contributed by atoms with van der Waals surface area (Å²) in [5.41, 5.74) is 6.49. The van der Waals surface area contributed by atoms with E-state index < -0.39 is 0 Å². The molecule has 0 saturated heterocycles. The van der Waals surface area contributed by atoms with Gasteiger partial charge in [0.25, 0.3) is 0 Å². The van der Waals surface area contributed by atoms with Gasteiger partial charge in [0.2, 0.25) is 5.88 Å². The van der Waals surface area contributed by atoms with Crippen molar-refractivity contribution in [2.24, 2.45) is 7.05 Å². The third kappa shape index (κ3) is 2.74. The molecule has 0 N–H and O–H groups in total. The first-order valence-corrected chi connectivity index (χ1v) is 9.24.